The van der Waals surface area contributed by atoms with Gasteiger partial charge in [0.15, 0.2) is 0 Å². The highest BCUT2D eigenvalue weighted by atomic mass is 35.5. The molecule has 2 amide bonds. The van der Waals surface area contributed by atoms with Crippen LogP contribution in [0, 0.1) is 0 Å². The van der Waals surface area contributed by atoms with Gasteiger partial charge in [-0.1, -0.05) is 23.7 Å². The van der Waals surface area contributed by atoms with E-state index in [2.05, 4.69) is 5.32 Å². The number of rotatable bonds is 6. The van der Waals surface area contributed by atoms with Crippen molar-refractivity contribution in [2.45, 2.75) is 25.3 Å². The summed E-state index contributed by atoms with van der Waals surface area (Å²) in [7, 11) is 3.51. The summed E-state index contributed by atoms with van der Waals surface area (Å²) >= 11 is 5.94. The number of carbonyl (C=O) groups is 2. The molecule has 23 heavy (non-hydrogen) atoms. The SMILES string of the molecule is CN(C)C(=O)C1CCCN1CC(=O)NCCc1cccc(Cl)c1. The van der Waals surface area contributed by atoms with Crippen LogP contribution in [0.5, 0.6) is 0 Å². The summed E-state index contributed by atoms with van der Waals surface area (Å²) in [5.41, 5.74) is 1.10. The van der Waals surface area contributed by atoms with Crippen molar-refractivity contribution in [2.24, 2.45) is 0 Å². The van der Waals surface area contributed by atoms with E-state index in [1.165, 1.54) is 0 Å². The fourth-order valence-electron chi connectivity index (χ4n) is 2.87. The van der Waals surface area contributed by atoms with E-state index >= 15 is 0 Å². The van der Waals surface area contributed by atoms with Crippen LogP contribution in [0.15, 0.2) is 24.3 Å². The van der Waals surface area contributed by atoms with Gasteiger partial charge in [-0.2, -0.15) is 0 Å². The molecule has 0 bridgehead atoms. The van der Waals surface area contributed by atoms with Crippen LogP contribution in [-0.4, -0.2) is 61.4 Å². The first-order chi connectivity index (χ1) is 11.0. The highest BCUT2D eigenvalue weighted by molar-refractivity contribution is 6.30. The Hall–Kier alpha value is -1.59. The number of likely N-dealkylation sites (N-methyl/N-ethyl adjacent to an activating group) is 1. The minimum Gasteiger partial charge on any atom is -0.355 e. The van der Waals surface area contributed by atoms with Gasteiger partial charge in [0.25, 0.3) is 0 Å². The van der Waals surface area contributed by atoms with E-state index in [4.69, 9.17) is 11.6 Å². The van der Waals surface area contributed by atoms with Gasteiger partial charge in [0.1, 0.15) is 0 Å². The monoisotopic (exact) mass is 337 g/mol. The van der Waals surface area contributed by atoms with Crippen LogP contribution in [0.2, 0.25) is 5.02 Å². The average Bonchev–Trinajstić information content (AvgIpc) is 2.94. The first kappa shape index (κ1) is 17.8. The molecule has 6 heteroatoms. The highest BCUT2D eigenvalue weighted by Gasteiger charge is 2.32. The zero-order valence-corrected chi connectivity index (χ0v) is 14.5. The molecule has 0 aromatic heterocycles. The fraction of sp³-hybridized carbons (Fsp3) is 0.529. The third-order valence-corrected chi connectivity index (χ3v) is 4.30. The highest BCUT2D eigenvalue weighted by Crippen LogP contribution is 2.18. The topological polar surface area (TPSA) is 52.7 Å². The lowest BCUT2D eigenvalue weighted by atomic mass is 10.1. The van der Waals surface area contributed by atoms with E-state index < -0.39 is 0 Å². The van der Waals surface area contributed by atoms with Crippen molar-refractivity contribution in [1.29, 1.82) is 0 Å². The molecule has 5 nitrogen and oxygen atoms in total. The number of nitrogens with one attached hydrogen (secondary N) is 1. The molecule has 1 aromatic carbocycles. The summed E-state index contributed by atoms with van der Waals surface area (Å²) < 4.78 is 0. The summed E-state index contributed by atoms with van der Waals surface area (Å²) in [5.74, 6) is 0.0414. The third kappa shape index (κ3) is 5.22. The average molecular weight is 338 g/mol. The number of likely N-dealkylation sites (tertiary alicyclic amines) is 1. The standard InChI is InChI=1S/C17H24ClN3O2/c1-20(2)17(23)15-7-4-10-21(15)12-16(22)19-9-8-13-5-3-6-14(18)11-13/h3,5-6,11,15H,4,7-10,12H2,1-2H3,(H,19,22). The van der Waals surface area contributed by atoms with Crippen molar-refractivity contribution >= 4 is 23.4 Å². The van der Waals surface area contributed by atoms with Crippen molar-refractivity contribution in [1.82, 2.24) is 15.1 Å². The van der Waals surface area contributed by atoms with E-state index in [1.54, 1.807) is 19.0 Å². The molecule has 126 valence electrons. The lowest BCUT2D eigenvalue weighted by molar-refractivity contribution is -0.134. The molecule has 0 aliphatic carbocycles. The van der Waals surface area contributed by atoms with Gasteiger partial charge in [-0.3, -0.25) is 14.5 Å². The zero-order chi connectivity index (χ0) is 16.8. The van der Waals surface area contributed by atoms with Gasteiger partial charge in [0.05, 0.1) is 12.6 Å². The molecule has 1 aromatic rings. The van der Waals surface area contributed by atoms with Crippen LogP contribution >= 0.6 is 11.6 Å². The minimum atomic E-state index is -0.163. The van der Waals surface area contributed by atoms with Gasteiger partial charge < -0.3 is 10.2 Å². The van der Waals surface area contributed by atoms with E-state index in [1.807, 2.05) is 29.2 Å². The van der Waals surface area contributed by atoms with Crippen molar-refractivity contribution in [2.75, 3.05) is 33.7 Å². The maximum atomic E-state index is 12.1. The Labute approximate surface area is 142 Å². The van der Waals surface area contributed by atoms with Gasteiger partial charge in [-0.15, -0.1) is 0 Å². The van der Waals surface area contributed by atoms with Gasteiger partial charge >= 0.3 is 0 Å². The van der Waals surface area contributed by atoms with Crippen molar-refractivity contribution in [3.05, 3.63) is 34.9 Å². The normalized spacial score (nSPS) is 18.0. The van der Waals surface area contributed by atoms with Crippen LogP contribution in [-0.2, 0) is 16.0 Å². The third-order valence-electron chi connectivity index (χ3n) is 4.06. The van der Waals surface area contributed by atoms with Crippen LogP contribution in [0.25, 0.3) is 0 Å². The zero-order valence-electron chi connectivity index (χ0n) is 13.7. The molecule has 0 saturated carbocycles. The minimum absolute atomic E-state index is 0.0366. The first-order valence-electron chi connectivity index (χ1n) is 7.93. The number of amides is 2. The second kappa shape index (κ2) is 8.31. The molecule has 1 heterocycles. The first-order valence-corrected chi connectivity index (χ1v) is 8.31. The molecule has 1 aliphatic heterocycles. The van der Waals surface area contributed by atoms with Crippen LogP contribution < -0.4 is 5.32 Å². The maximum absolute atomic E-state index is 12.1. The van der Waals surface area contributed by atoms with Crippen molar-refractivity contribution in [3.63, 3.8) is 0 Å². The fourth-order valence-corrected chi connectivity index (χ4v) is 3.09. The largest absolute Gasteiger partial charge is 0.355 e. The summed E-state index contributed by atoms with van der Waals surface area (Å²) in [5, 5.41) is 3.62. The predicted molar refractivity (Wildman–Crippen MR) is 91.5 cm³/mol. The van der Waals surface area contributed by atoms with Gasteiger partial charge in [-0.25, -0.2) is 0 Å². The molecule has 0 spiro atoms. The Morgan fingerprint density at radius 2 is 2.17 bits per heavy atom. The van der Waals surface area contributed by atoms with Crippen LogP contribution in [0.4, 0.5) is 0 Å². The molecular weight excluding hydrogens is 314 g/mol. The summed E-state index contributed by atoms with van der Waals surface area (Å²) in [4.78, 5) is 27.8. The number of nitrogens with zero attached hydrogens (tertiary/aromatic N) is 2. The molecule has 1 atom stereocenters. The van der Waals surface area contributed by atoms with E-state index in [9.17, 15) is 9.59 Å². The van der Waals surface area contributed by atoms with Gasteiger partial charge in [-0.05, 0) is 43.5 Å². The Morgan fingerprint density at radius 3 is 2.87 bits per heavy atom. The quantitative estimate of drug-likeness (QED) is 0.857. The summed E-state index contributed by atoms with van der Waals surface area (Å²) in [6.07, 6.45) is 2.53. The molecule has 1 saturated heterocycles. The van der Waals surface area contributed by atoms with Crippen LogP contribution in [0.1, 0.15) is 18.4 Å². The Kier molecular flexibility index (Phi) is 6.42. The number of carbonyl (C=O) groups excluding carboxylic acids is 2. The number of hydrogen-bond donors (Lipinski definition) is 1. The molecule has 0 radical (unpaired) electrons. The second-order valence-corrected chi connectivity index (χ2v) is 6.53. The Balaban J connectivity index is 1.77. The maximum Gasteiger partial charge on any atom is 0.239 e. The van der Waals surface area contributed by atoms with Crippen molar-refractivity contribution < 1.29 is 9.59 Å². The van der Waals surface area contributed by atoms with E-state index in [0.29, 0.717) is 11.6 Å². The number of hydrogen-bond acceptors (Lipinski definition) is 3. The van der Waals surface area contributed by atoms with E-state index in [-0.39, 0.29) is 24.4 Å². The molecule has 1 fully saturated rings. The second-order valence-electron chi connectivity index (χ2n) is 6.09. The van der Waals surface area contributed by atoms with E-state index in [0.717, 1.165) is 31.4 Å². The molecule has 1 unspecified atom stereocenters. The molecular formula is C17H24ClN3O2. The molecule has 1 aliphatic rings. The number of halogens is 1. The lowest BCUT2D eigenvalue weighted by Crippen LogP contribution is -2.46. The smallest absolute Gasteiger partial charge is 0.239 e. The molecule has 1 N–H and O–H groups in total. The lowest BCUT2D eigenvalue weighted by Gasteiger charge is -2.25. The van der Waals surface area contributed by atoms with Gasteiger partial charge in [0.2, 0.25) is 11.8 Å². The summed E-state index contributed by atoms with van der Waals surface area (Å²) in [6.45, 7) is 1.64. The Morgan fingerprint density at radius 1 is 1.39 bits per heavy atom. The van der Waals surface area contributed by atoms with Crippen LogP contribution in [0.3, 0.4) is 0 Å². The number of benzene rings is 1. The summed E-state index contributed by atoms with van der Waals surface area (Å²) in [6, 6.07) is 7.47. The van der Waals surface area contributed by atoms with Crippen molar-refractivity contribution in [3.8, 4) is 0 Å². The van der Waals surface area contributed by atoms with Gasteiger partial charge in [0, 0.05) is 25.7 Å². The molecule has 2 rings (SSSR count). The Bertz CT molecular complexity index is 563. The predicted octanol–water partition coefficient (Wildman–Crippen LogP) is 1.55.